The first-order valence-electron chi connectivity index (χ1n) is 5.79. The number of hydrogen-bond acceptors (Lipinski definition) is 6. The Balaban J connectivity index is 0.000000447. The van der Waals surface area contributed by atoms with E-state index in [4.69, 9.17) is 43.6 Å². The van der Waals surface area contributed by atoms with E-state index < -0.39 is 22.1 Å². The zero-order chi connectivity index (χ0) is 18.8. The first-order valence-corrected chi connectivity index (χ1v) is 7.91. The predicted octanol–water partition coefficient (Wildman–Crippen LogP) is 3.59. The van der Waals surface area contributed by atoms with Gasteiger partial charge in [-0.2, -0.15) is 8.42 Å². The molecule has 0 atom stereocenters. The summed E-state index contributed by atoms with van der Waals surface area (Å²) in [6, 6.07) is 12.1. The predicted molar refractivity (Wildman–Crippen MR) is 85.5 cm³/mol. The maximum atomic E-state index is 10.6. The van der Waals surface area contributed by atoms with Crippen LogP contribution in [-0.4, -0.2) is 24.0 Å². The lowest BCUT2D eigenvalue weighted by Gasteiger charge is -2.03. The molecule has 11 heteroatoms. The van der Waals surface area contributed by atoms with Gasteiger partial charge in [-0.05, 0) is 30.3 Å². The molecule has 2 aromatic rings. The van der Waals surface area contributed by atoms with Crippen LogP contribution in [0.4, 0.5) is 0 Å². The molecule has 0 fully saturated rings. The second-order valence-corrected chi connectivity index (χ2v) is 5.65. The summed E-state index contributed by atoms with van der Waals surface area (Å²) in [5, 5.41) is 22.0. The molecule has 2 N–H and O–H groups in total. The molecule has 0 radical (unpaired) electrons. The van der Waals surface area contributed by atoms with Crippen LogP contribution in [-0.2, 0) is 10.4 Å². The van der Waals surface area contributed by atoms with Crippen molar-refractivity contribution < 1.29 is 27.1 Å². The van der Waals surface area contributed by atoms with E-state index in [1.54, 1.807) is 18.2 Å². The number of carboxylic acids is 1. The van der Waals surface area contributed by atoms with Crippen LogP contribution in [0.3, 0.4) is 0 Å². The molecule has 24 heavy (non-hydrogen) atoms. The highest BCUT2D eigenvalue weighted by atomic mass is 35.5. The number of para-hydroxylation sites is 1. The molecule has 0 aliphatic rings. The monoisotopic (exact) mass is 392 g/mol. The molecule has 2 aromatic carbocycles. The van der Waals surface area contributed by atoms with Crippen LogP contribution in [0.2, 0.25) is 10.0 Å². The normalized spacial score (nSPS) is 9.54. The fourth-order valence-electron chi connectivity index (χ4n) is 1.29. The highest BCUT2D eigenvalue weighted by molar-refractivity contribution is 7.81. The number of carboxylic acid groups (broad SMARTS) is 1. The van der Waals surface area contributed by atoms with Crippen LogP contribution < -0.4 is 4.18 Å². The van der Waals surface area contributed by atoms with Crippen molar-refractivity contribution >= 4 is 39.6 Å². The fraction of sp³-hybridized carbons (Fsp3) is 0. The van der Waals surface area contributed by atoms with Crippen LogP contribution in [0.15, 0.2) is 48.5 Å². The summed E-state index contributed by atoms with van der Waals surface area (Å²) >= 11 is 11.1. The summed E-state index contributed by atoms with van der Waals surface area (Å²) in [6.45, 7) is 0. The molecule has 2 rings (SSSR count). The third-order valence-electron chi connectivity index (χ3n) is 2.10. The molecule has 0 spiro atoms. The smallest absolute Gasteiger partial charge is 0.446 e. The van der Waals surface area contributed by atoms with Gasteiger partial charge in [0.05, 0.1) is 0 Å². The molecule has 8 nitrogen and oxygen atoms in total. The van der Waals surface area contributed by atoms with Crippen LogP contribution in [0.1, 0.15) is 10.4 Å². The maximum absolute atomic E-state index is 10.6. The topological polar surface area (TPSA) is 148 Å². The Morgan fingerprint density at radius 2 is 1.50 bits per heavy atom. The van der Waals surface area contributed by atoms with E-state index in [0.717, 1.165) is 12.1 Å². The second kappa shape index (κ2) is 10.4. The zero-order valence-electron chi connectivity index (χ0n) is 11.7. The molecule has 128 valence electrons. The molecule has 0 heterocycles. The lowest BCUT2D eigenvalue weighted by molar-refractivity contribution is 0.0695. The van der Waals surface area contributed by atoms with E-state index in [-0.39, 0.29) is 5.56 Å². The first-order chi connectivity index (χ1) is 11.2. The van der Waals surface area contributed by atoms with E-state index in [2.05, 4.69) is 4.18 Å². The third-order valence-corrected chi connectivity index (χ3v) is 2.96. The Bertz CT molecular complexity index is 794. The first kappa shape index (κ1) is 21.6. The molecule has 0 aliphatic heterocycles. The standard InChI is InChI=1S/C7H6O6S.C6H4Cl2.N2/c8-7(9)5-3-1-2-4-6(5)13-14(10,11)12;7-5-2-1-3-6(8)4-5;1-2/h1-4H,(H,8,9)(H,10,11,12);1-4H;. The van der Waals surface area contributed by atoms with Gasteiger partial charge in [-0.25, -0.2) is 4.79 Å². The maximum Gasteiger partial charge on any atom is 0.446 e. The van der Waals surface area contributed by atoms with Gasteiger partial charge in [0.25, 0.3) is 0 Å². The number of carbonyl (C=O) groups is 1. The van der Waals surface area contributed by atoms with Crippen molar-refractivity contribution in [3.8, 4) is 5.75 Å². The minimum absolute atomic E-state index is 0.342. The molecular weight excluding hydrogens is 383 g/mol. The minimum atomic E-state index is -4.70. The van der Waals surface area contributed by atoms with Gasteiger partial charge in [0.1, 0.15) is 5.56 Å². The second-order valence-electron chi connectivity index (χ2n) is 3.75. The Morgan fingerprint density at radius 3 is 1.88 bits per heavy atom. The summed E-state index contributed by atoms with van der Waals surface area (Å²) in [6.07, 6.45) is 0. The minimum Gasteiger partial charge on any atom is -0.478 e. The molecule has 0 bridgehead atoms. The molecule has 0 saturated heterocycles. The Kier molecular flexibility index (Phi) is 9.37. The van der Waals surface area contributed by atoms with Crippen molar-refractivity contribution in [3.63, 3.8) is 0 Å². The summed E-state index contributed by atoms with van der Waals surface area (Å²) in [7, 11) is -4.70. The summed E-state index contributed by atoms with van der Waals surface area (Å²) in [4.78, 5) is 10.6. The molecule has 0 aromatic heterocycles. The van der Waals surface area contributed by atoms with Gasteiger partial charge in [-0.1, -0.05) is 41.4 Å². The van der Waals surface area contributed by atoms with Gasteiger partial charge in [0, 0.05) is 20.8 Å². The van der Waals surface area contributed by atoms with Gasteiger partial charge >= 0.3 is 16.4 Å². The number of rotatable bonds is 3. The Labute approximate surface area is 147 Å². The van der Waals surface area contributed by atoms with Crippen molar-refractivity contribution in [1.82, 2.24) is 0 Å². The summed E-state index contributed by atoms with van der Waals surface area (Å²) in [5.41, 5.74) is -0.342. The van der Waals surface area contributed by atoms with Crippen LogP contribution in [0.25, 0.3) is 0 Å². The number of halogens is 2. The quantitative estimate of drug-likeness (QED) is 0.594. The molecule has 0 unspecified atom stereocenters. The van der Waals surface area contributed by atoms with E-state index in [1.165, 1.54) is 12.1 Å². The number of benzene rings is 2. The zero-order valence-corrected chi connectivity index (χ0v) is 14.0. The fourth-order valence-corrected chi connectivity index (χ4v) is 2.10. The van der Waals surface area contributed by atoms with Gasteiger partial charge in [0.15, 0.2) is 5.75 Å². The number of aromatic carboxylic acids is 1. The Morgan fingerprint density at radius 1 is 1.00 bits per heavy atom. The van der Waals surface area contributed by atoms with Gasteiger partial charge < -0.3 is 9.29 Å². The van der Waals surface area contributed by atoms with Gasteiger partial charge in [-0.15, -0.1) is 0 Å². The van der Waals surface area contributed by atoms with E-state index in [9.17, 15) is 13.2 Å². The highest BCUT2D eigenvalue weighted by Crippen LogP contribution is 2.19. The van der Waals surface area contributed by atoms with Crippen molar-refractivity contribution in [2.45, 2.75) is 0 Å². The average molecular weight is 393 g/mol. The van der Waals surface area contributed by atoms with Crippen LogP contribution in [0.5, 0.6) is 5.75 Å². The van der Waals surface area contributed by atoms with Crippen molar-refractivity contribution in [2.24, 2.45) is 0 Å². The summed E-state index contributed by atoms with van der Waals surface area (Å²) < 4.78 is 33.0. The number of nitrogens with zero attached hydrogens (tertiary/aromatic N) is 2. The number of hydrogen-bond donors (Lipinski definition) is 2. The average Bonchev–Trinajstić information content (AvgIpc) is 2.48. The van der Waals surface area contributed by atoms with Gasteiger partial charge in [-0.3, -0.25) is 4.55 Å². The van der Waals surface area contributed by atoms with E-state index in [0.29, 0.717) is 10.0 Å². The van der Waals surface area contributed by atoms with Crippen LogP contribution >= 0.6 is 23.2 Å². The lowest BCUT2D eigenvalue weighted by Crippen LogP contribution is -2.10. The lowest BCUT2D eigenvalue weighted by atomic mass is 10.2. The molecule has 0 aliphatic carbocycles. The largest absolute Gasteiger partial charge is 0.478 e. The Hall–Kier alpha value is -2.38. The molecular formula is C13H10Cl2N2O6S. The SMILES string of the molecule is Clc1cccc(Cl)c1.N#N.O=C(O)c1ccccc1OS(=O)(=O)O. The third kappa shape index (κ3) is 8.92. The van der Waals surface area contributed by atoms with Crippen molar-refractivity contribution in [2.75, 3.05) is 0 Å². The van der Waals surface area contributed by atoms with Gasteiger partial charge in [0.2, 0.25) is 0 Å². The molecule has 0 amide bonds. The van der Waals surface area contributed by atoms with Crippen molar-refractivity contribution in [3.05, 3.63) is 64.1 Å². The summed E-state index contributed by atoms with van der Waals surface area (Å²) in [5.74, 6) is -1.77. The highest BCUT2D eigenvalue weighted by Gasteiger charge is 2.15. The van der Waals surface area contributed by atoms with E-state index in [1.807, 2.05) is 6.07 Å². The van der Waals surface area contributed by atoms with Crippen molar-refractivity contribution in [1.29, 1.82) is 10.8 Å². The molecule has 0 saturated carbocycles. The van der Waals surface area contributed by atoms with Crippen LogP contribution in [0, 0.1) is 10.8 Å². The van der Waals surface area contributed by atoms with E-state index >= 15 is 0 Å².